The van der Waals surface area contributed by atoms with Crippen molar-refractivity contribution < 1.29 is 45.3 Å². The van der Waals surface area contributed by atoms with Crippen LogP contribution >= 0.6 is 0 Å². The van der Waals surface area contributed by atoms with Crippen LogP contribution in [0.5, 0.6) is 11.6 Å². The van der Waals surface area contributed by atoms with Crippen LogP contribution in [0.2, 0.25) is 0 Å². The molecule has 0 unspecified atom stereocenters. The van der Waals surface area contributed by atoms with Crippen LogP contribution in [0, 0.1) is 0 Å². The summed E-state index contributed by atoms with van der Waals surface area (Å²) in [5, 5.41) is 0. The molecule has 0 aliphatic carbocycles. The molecule has 0 aliphatic heterocycles. The average Bonchev–Trinajstić information content (AvgIpc) is 2.37. The minimum Gasteiger partial charge on any atom is -0.496 e. The van der Waals surface area contributed by atoms with Gasteiger partial charge in [-0.2, -0.15) is 13.2 Å². The molecule has 0 aliphatic rings. The summed E-state index contributed by atoms with van der Waals surface area (Å²) < 4.78 is 87.8. The fourth-order valence-corrected chi connectivity index (χ4v) is 1.57. The molecule has 0 N–H and O–H groups in total. The summed E-state index contributed by atoms with van der Waals surface area (Å²) in [4.78, 5) is 14.2. The van der Waals surface area contributed by atoms with Crippen molar-refractivity contribution in [2.24, 2.45) is 0 Å². The van der Waals surface area contributed by atoms with Gasteiger partial charge in [-0.25, -0.2) is 4.98 Å². The lowest BCUT2D eigenvalue weighted by Crippen LogP contribution is -2.22. The van der Waals surface area contributed by atoms with Gasteiger partial charge in [0.2, 0.25) is 5.88 Å². The zero-order valence-corrected chi connectivity index (χ0v) is 11.8. The standard InChI is InChI=1S/C12H11F6NO4/c1-3-22-9(20)4-6-7(21-2)5-8(11(13,14)15)19-10(6)23-12(16,17)18/h5H,3-4H2,1-2H3. The van der Waals surface area contributed by atoms with Gasteiger partial charge in [-0.05, 0) is 6.92 Å². The van der Waals surface area contributed by atoms with Crippen LogP contribution < -0.4 is 9.47 Å². The molecule has 0 fully saturated rings. The summed E-state index contributed by atoms with van der Waals surface area (Å²) >= 11 is 0. The molecule has 0 saturated heterocycles. The number of esters is 1. The van der Waals surface area contributed by atoms with Gasteiger partial charge in [-0.15, -0.1) is 13.2 Å². The van der Waals surface area contributed by atoms with Gasteiger partial charge >= 0.3 is 18.5 Å². The van der Waals surface area contributed by atoms with Gasteiger partial charge in [0.15, 0.2) is 5.69 Å². The first-order valence-corrected chi connectivity index (χ1v) is 6.04. The third-order valence-electron chi connectivity index (χ3n) is 2.39. The molecule has 1 aromatic rings. The van der Waals surface area contributed by atoms with E-state index in [9.17, 15) is 31.1 Å². The predicted molar refractivity (Wildman–Crippen MR) is 62.8 cm³/mol. The van der Waals surface area contributed by atoms with Crippen LogP contribution in [0.1, 0.15) is 18.2 Å². The topological polar surface area (TPSA) is 57.7 Å². The monoisotopic (exact) mass is 347 g/mol. The quantitative estimate of drug-likeness (QED) is 0.605. The number of alkyl halides is 6. The maximum absolute atomic E-state index is 12.7. The van der Waals surface area contributed by atoms with Crippen LogP contribution in [0.15, 0.2) is 6.07 Å². The van der Waals surface area contributed by atoms with E-state index in [2.05, 4.69) is 19.2 Å². The van der Waals surface area contributed by atoms with Gasteiger partial charge < -0.3 is 14.2 Å². The van der Waals surface area contributed by atoms with Crippen molar-refractivity contribution in [3.63, 3.8) is 0 Å². The molecule has 1 rings (SSSR count). The number of hydrogen-bond donors (Lipinski definition) is 0. The van der Waals surface area contributed by atoms with Gasteiger partial charge in [0.25, 0.3) is 0 Å². The first-order valence-electron chi connectivity index (χ1n) is 6.04. The van der Waals surface area contributed by atoms with Crippen molar-refractivity contribution in [1.82, 2.24) is 4.98 Å². The van der Waals surface area contributed by atoms with E-state index in [1.807, 2.05) is 0 Å². The van der Waals surface area contributed by atoms with Gasteiger partial charge in [0, 0.05) is 6.07 Å². The Kier molecular flexibility index (Phi) is 5.67. The molecule has 0 amide bonds. The minimum absolute atomic E-state index is 0.0648. The molecule has 0 saturated carbocycles. The van der Waals surface area contributed by atoms with Crippen molar-refractivity contribution >= 4 is 5.97 Å². The molecule has 0 radical (unpaired) electrons. The maximum atomic E-state index is 12.7. The third kappa shape index (κ3) is 5.49. The Morgan fingerprint density at radius 3 is 2.26 bits per heavy atom. The summed E-state index contributed by atoms with van der Waals surface area (Å²) in [6, 6.07) is 0.373. The summed E-state index contributed by atoms with van der Waals surface area (Å²) in [5.41, 5.74) is -2.25. The number of aromatic nitrogens is 1. The minimum atomic E-state index is -5.30. The lowest BCUT2D eigenvalue weighted by molar-refractivity contribution is -0.276. The highest BCUT2D eigenvalue weighted by Gasteiger charge is 2.39. The normalized spacial score (nSPS) is 12.0. The number of methoxy groups -OCH3 is 1. The Morgan fingerprint density at radius 2 is 1.83 bits per heavy atom. The molecule has 0 bridgehead atoms. The first kappa shape index (κ1) is 18.8. The molecule has 11 heteroatoms. The highest BCUT2D eigenvalue weighted by Crippen LogP contribution is 2.37. The van der Waals surface area contributed by atoms with E-state index >= 15 is 0 Å². The summed E-state index contributed by atoms with van der Waals surface area (Å²) in [6.07, 6.45) is -11.1. The van der Waals surface area contributed by atoms with Crippen molar-refractivity contribution in [3.05, 3.63) is 17.3 Å². The number of hydrogen-bond acceptors (Lipinski definition) is 5. The third-order valence-corrected chi connectivity index (χ3v) is 2.39. The smallest absolute Gasteiger partial charge is 0.496 e. The Labute approximate surface area is 126 Å². The second kappa shape index (κ2) is 6.92. The van der Waals surface area contributed by atoms with Crippen molar-refractivity contribution in [1.29, 1.82) is 0 Å². The summed E-state index contributed by atoms with van der Waals surface area (Å²) in [5.74, 6) is -3.02. The number of ether oxygens (including phenoxy) is 3. The van der Waals surface area contributed by atoms with E-state index < -0.39 is 47.8 Å². The van der Waals surface area contributed by atoms with Crippen LogP contribution in [-0.2, 0) is 22.1 Å². The second-order valence-electron chi connectivity index (χ2n) is 4.02. The van der Waals surface area contributed by atoms with Crippen molar-refractivity contribution in [3.8, 4) is 11.6 Å². The molecular formula is C12H11F6NO4. The number of pyridine rings is 1. The lowest BCUT2D eigenvalue weighted by atomic mass is 10.1. The Balaban J connectivity index is 3.41. The average molecular weight is 347 g/mol. The fourth-order valence-electron chi connectivity index (χ4n) is 1.57. The van der Waals surface area contributed by atoms with Crippen LogP contribution in [0.3, 0.4) is 0 Å². The van der Waals surface area contributed by atoms with E-state index in [1.54, 1.807) is 0 Å². The second-order valence-corrected chi connectivity index (χ2v) is 4.02. The van der Waals surface area contributed by atoms with Gasteiger partial charge in [-0.3, -0.25) is 4.79 Å². The van der Waals surface area contributed by atoms with Gasteiger partial charge in [0.05, 0.1) is 25.7 Å². The van der Waals surface area contributed by atoms with Gasteiger partial charge in [0.1, 0.15) is 5.75 Å². The lowest BCUT2D eigenvalue weighted by Gasteiger charge is -2.17. The molecule has 23 heavy (non-hydrogen) atoms. The molecule has 0 spiro atoms. The number of carbonyl (C=O) groups excluding carboxylic acids is 1. The maximum Gasteiger partial charge on any atom is 0.574 e. The number of rotatable bonds is 5. The Bertz CT molecular complexity index is 570. The molecule has 0 aromatic carbocycles. The van der Waals surface area contributed by atoms with Gasteiger partial charge in [-0.1, -0.05) is 0 Å². The van der Waals surface area contributed by atoms with E-state index in [0.29, 0.717) is 6.07 Å². The van der Waals surface area contributed by atoms with E-state index in [4.69, 9.17) is 0 Å². The van der Waals surface area contributed by atoms with Crippen molar-refractivity contribution in [2.45, 2.75) is 25.9 Å². The highest BCUT2D eigenvalue weighted by molar-refractivity contribution is 5.74. The summed E-state index contributed by atoms with van der Waals surface area (Å²) in [6.45, 7) is 1.39. The number of halogens is 6. The zero-order chi connectivity index (χ0) is 17.8. The molecule has 5 nitrogen and oxygen atoms in total. The zero-order valence-electron chi connectivity index (χ0n) is 11.8. The SMILES string of the molecule is CCOC(=O)Cc1c(OC)cc(C(F)(F)F)nc1OC(F)(F)F. The molecular weight excluding hydrogens is 336 g/mol. The van der Waals surface area contributed by atoms with E-state index in [0.717, 1.165) is 7.11 Å². The van der Waals surface area contributed by atoms with E-state index in [-0.39, 0.29) is 6.61 Å². The largest absolute Gasteiger partial charge is 0.574 e. The van der Waals surface area contributed by atoms with Crippen LogP contribution in [0.4, 0.5) is 26.3 Å². The highest BCUT2D eigenvalue weighted by atomic mass is 19.4. The summed E-state index contributed by atoms with van der Waals surface area (Å²) in [7, 11) is 0.932. The van der Waals surface area contributed by atoms with Crippen LogP contribution in [-0.4, -0.2) is 31.0 Å². The van der Waals surface area contributed by atoms with E-state index in [1.165, 1.54) is 6.92 Å². The number of carbonyl (C=O) groups is 1. The Hall–Kier alpha value is -2.20. The fraction of sp³-hybridized carbons (Fsp3) is 0.500. The molecule has 0 atom stereocenters. The predicted octanol–water partition coefficient (Wildman–Crippen LogP) is 3.11. The van der Waals surface area contributed by atoms with Crippen LogP contribution in [0.25, 0.3) is 0 Å². The molecule has 1 heterocycles. The molecule has 130 valence electrons. The van der Waals surface area contributed by atoms with Crippen molar-refractivity contribution in [2.75, 3.05) is 13.7 Å². The first-order chi connectivity index (χ1) is 10.5. The molecule has 1 aromatic heterocycles. The Morgan fingerprint density at radius 1 is 1.22 bits per heavy atom. The number of nitrogens with zero attached hydrogens (tertiary/aromatic N) is 1.